The average Bonchev–Trinajstić information content (AvgIpc) is 3.12. The zero-order valence-corrected chi connectivity index (χ0v) is 13.3. The van der Waals surface area contributed by atoms with Crippen LogP contribution in [-0.2, 0) is 7.05 Å². The first-order valence-electron chi connectivity index (χ1n) is 8.40. The first-order valence-corrected chi connectivity index (χ1v) is 8.40. The molecule has 3 nitrogen and oxygen atoms in total. The van der Waals surface area contributed by atoms with E-state index in [1.165, 1.54) is 44.0 Å². The number of para-hydroxylation sites is 2. The van der Waals surface area contributed by atoms with E-state index in [2.05, 4.69) is 48.1 Å². The van der Waals surface area contributed by atoms with Crippen LogP contribution < -0.4 is 5.32 Å². The first-order chi connectivity index (χ1) is 10.3. The summed E-state index contributed by atoms with van der Waals surface area (Å²) in [4.78, 5) is 4.77. The van der Waals surface area contributed by atoms with E-state index in [9.17, 15) is 0 Å². The van der Waals surface area contributed by atoms with Crippen molar-refractivity contribution in [1.82, 2.24) is 14.9 Å². The summed E-state index contributed by atoms with van der Waals surface area (Å²) in [6, 6.07) is 8.67. The third-order valence-corrected chi connectivity index (χ3v) is 4.92. The molecule has 0 aliphatic heterocycles. The number of aromatic nitrogens is 2. The molecule has 1 aromatic heterocycles. The Hall–Kier alpha value is -1.35. The lowest BCUT2D eigenvalue weighted by atomic mass is 10.0. The van der Waals surface area contributed by atoms with Crippen LogP contribution in [0.15, 0.2) is 24.3 Å². The monoisotopic (exact) mass is 285 g/mol. The van der Waals surface area contributed by atoms with Crippen molar-refractivity contribution in [3.63, 3.8) is 0 Å². The lowest BCUT2D eigenvalue weighted by Crippen LogP contribution is -2.23. The number of nitrogens with one attached hydrogen (secondary N) is 1. The third kappa shape index (κ3) is 3.29. The minimum absolute atomic E-state index is 0.311. The molecular weight excluding hydrogens is 258 g/mol. The molecule has 1 aliphatic rings. The van der Waals surface area contributed by atoms with Gasteiger partial charge in [0.1, 0.15) is 5.82 Å². The maximum Gasteiger partial charge on any atom is 0.126 e. The molecule has 1 aromatic carbocycles. The molecule has 1 N–H and O–H groups in total. The highest BCUT2D eigenvalue weighted by Gasteiger charge is 2.16. The van der Waals surface area contributed by atoms with Crippen LogP contribution in [0.1, 0.15) is 57.3 Å². The van der Waals surface area contributed by atoms with E-state index in [0.717, 1.165) is 23.8 Å². The van der Waals surface area contributed by atoms with Crippen molar-refractivity contribution in [3.05, 3.63) is 30.1 Å². The number of imidazole rings is 1. The van der Waals surface area contributed by atoms with Gasteiger partial charge in [-0.15, -0.1) is 0 Å². The molecule has 1 aliphatic carbocycles. The number of nitrogens with zero attached hydrogens (tertiary/aromatic N) is 2. The Morgan fingerprint density at radius 3 is 2.81 bits per heavy atom. The van der Waals surface area contributed by atoms with E-state index in [1.54, 1.807) is 0 Å². The minimum atomic E-state index is 0.311. The molecule has 2 aromatic rings. The van der Waals surface area contributed by atoms with E-state index in [1.807, 2.05) is 0 Å². The maximum atomic E-state index is 4.77. The largest absolute Gasteiger partial charge is 0.330 e. The molecule has 114 valence electrons. The first kappa shape index (κ1) is 14.6. The van der Waals surface area contributed by atoms with Gasteiger partial charge in [-0.25, -0.2) is 4.98 Å². The quantitative estimate of drug-likeness (QED) is 0.806. The van der Waals surface area contributed by atoms with E-state index >= 15 is 0 Å². The lowest BCUT2D eigenvalue weighted by molar-refractivity contribution is 0.449. The summed E-state index contributed by atoms with van der Waals surface area (Å²) in [5.41, 5.74) is 2.31. The van der Waals surface area contributed by atoms with Gasteiger partial charge in [0, 0.05) is 7.05 Å². The summed E-state index contributed by atoms with van der Waals surface area (Å²) in [5, 5.41) is 3.64. The molecule has 21 heavy (non-hydrogen) atoms. The summed E-state index contributed by atoms with van der Waals surface area (Å²) < 4.78 is 2.21. The van der Waals surface area contributed by atoms with Crippen molar-refractivity contribution in [2.24, 2.45) is 13.0 Å². The molecule has 3 rings (SSSR count). The number of aryl methyl sites for hydroxylation is 1. The fourth-order valence-corrected chi connectivity index (χ4v) is 3.65. The maximum absolute atomic E-state index is 4.77. The van der Waals surface area contributed by atoms with Gasteiger partial charge in [0.2, 0.25) is 0 Å². The Morgan fingerprint density at radius 2 is 2.05 bits per heavy atom. The Morgan fingerprint density at radius 1 is 1.29 bits per heavy atom. The fourth-order valence-electron chi connectivity index (χ4n) is 3.65. The Kier molecular flexibility index (Phi) is 4.59. The predicted octanol–water partition coefficient (Wildman–Crippen LogP) is 4.19. The lowest BCUT2D eigenvalue weighted by Gasteiger charge is -2.15. The summed E-state index contributed by atoms with van der Waals surface area (Å²) in [6.07, 6.45) is 8.50. The van der Waals surface area contributed by atoms with Gasteiger partial charge in [-0.05, 0) is 44.4 Å². The van der Waals surface area contributed by atoms with Crippen LogP contribution in [0.3, 0.4) is 0 Å². The van der Waals surface area contributed by atoms with Crippen LogP contribution in [0, 0.1) is 5.92 Å². The highest BCUT2D eigenvalue weighted by molar-refractivity contribution is 5.75. The smallest absolute Gasteiger partial charge is 0.126 e. The van der Waals surface area contributed by atoms with Gasteiger partial charge in [-0.3, -0.25) is 0 Å². The Bertz CT molecular complexity index is 581. The van der Waals surface area contributed by atoms with Crippen molar-refractivity contribution in [2.75, 3.05) is 6.54 Å². The molecule has 0 bridgehead atoms. The van der Waals surface area contributed by atoms with Gasteiger partial charge < -0.3 is 9.88 Å². The van der Waals surface area contributed by atoms with Crippen LogP contribution in [0.25, 0.3) is 11.0 Å². The summed E-state index contributed by atoms with van der Waals surface area (Å²) >= 11 is 0. The standard InChI is InChI=1S/C18H27N3/c1-14(19-13-7-10-15-8-3-4-9-15)18-20-16-11-5-6-12-17(16)21(18)2/h5-6,11-12,14-15,19H,3-4,7-10,13H2,1-2H3. The van der Waals surface area contributed by atoms with Crippen molar-refractivity contribution < 1.29 is 0 Å². The van der Waals surface area contributed by atoms with Crippen LogP contribution in [0.4, 0.5) is 0 Å². The molecular formula is C18H27N3. The molecule has 1 atom stereocenters. The van der Waals surface area contributed by atoms with Crippen LogP contribution in [-0.4, -0.2) is 16.1 Å². The van der Waals surface area contributed by atoms with Gasteiger partial charge >= 0.3 is 0 Å². The molecule has 3 heteroatoms. The molecule has 0 radical (unpaired) electrons. The molecule has 0 amide bonds. The SMILES string of the molecule is CC(NCCCC1CCCC1)c1nc2ccccc2n1C. The Labute approximate surface area is 127 Å². The number of benzene rings is 1. The molecule has 1 heterocycles. The van der Waals surface area contributed by atoms with Gasteiger partial charge in [-0.1, -0.05) is 37.8 Å². The van der Waals surface area contributed by atoms with E-state index in [4.69, 9.17) is 4.98 Å². The Balaban J connectivity index is 1.54. The van der Waals surface area contributed by atoms with E-state index in [-0.39, 0.29) is 0 Å². The van der Waals surface area contributed by atoms with Crippen molar-refractivity contribution >= 4 is 11.0 Å². The molecule has 1 fully saturated rings. The number of hydrogen-bond acceptors (Lipinski definition) is 2. The summed E-state index contributed by atoms with van der Waals surface area (Å²) in [7, 11) is 2.11. The van der Waals surface area contributed by atoms with Crippen molar-refractivity contribution in [1.29, 1.82) is 0 Å². The minimum Gasteiger partial charge on any atom is -0.330 e. The van der Waals surface area contributed by atoms with E-state index in [0.29, 0.717) is 6.04 Å². The van der Waals surface area contributed by atoms with Crippen molar-refractivity contribution in [3.8, 4) is 0 Å². The fraction of sp³-hybridized carbons (Fsp3) is 0.611. The zero-order chi connectivity index (χ0) is 14.7. The summed E-state index contributed by atoms with van der Waals surface area (Å²) in [6.45, 7) is 3.32. The summed E-state index contributed by atoms with van der Waals surface area (Å²) in [5.74, 6) is 2.13. The number of rotatable bonds is 6. The van der Waals surface area contributed by atoms with Crippen molar-refractivity contribution in [2.45, 2.75) is 51.5 Å². The predicted molar refractivity (Wildman–Crippen MR) is 88.3 cm³/mol. The molecule has 0 saturated heterocycles. The topological polar surface area (TPSA) is 29.9 Å². The van der Waals surface area contributed by atoms with Gasteiger partial charge in [0.15, 0.2) is 0 Å². The molecule has 1 unspecified atom stereocenters. The van der Waals surface area contributed by atoms with Crippen LogP contribution >= 0.6 is 0 Å². The second-order valence-corrected chi connectivity index (χ2v) is 6.49. The number of fused-ring (bicyclic) bond motifs is 1. The second-order valence-electron chi connectivity index (χ2n) is 6.49. The molecule has 1 saturated carbocycles. The van der Waals surface area contributed by atoms with Gasteiger partial charge in [0.25, 0.3) is 0 Å². The molecule has 0 spiro atoms. The van der Waals surface area contributed by atoms with Crippen LogP contribution in [0.2, 0.25) is 0 Å². The van der Waals surface area contributed by atoms with Gasteiger partial charge in [-0.2, -0.15) is 0 Å². The van der Waals surface area contributed by atoms with Gasteiger partial charge in [0.05, 0.1) is 17.1 Å². The second kappa shape index (κ2) is 6.61. The van der Waals surface area contributed by atoms with E-state index < -0.39 is 0 Å². The van der Waals surface area contributed by atoms with Crippen LogP contribution in [0.5, 0.6) is 0 Å². The third-order valence-electron chi connectivity index (χ3n) is 4.92. The average molecular weight is 285 g/mol. The highest BCUT2D eigenvalue weighted by atomic mass is 15.1. The number of hydrogen-bond donors (Lipinski definition) is 1. The normalized spacial score (nSPS) is 17.6. The highest BCUT2D eigenvalue weighted by Crippen LogP contribution is 2.28. The zero-order valence-electron chi connectivity index (χ0n) is 13.3.